The lowest BCUT2D eigenvalue weighted by Gasteiger charge is -2.20. The van der Waals surface area contributed by atoms with Gasteiger partial charge in [-0.15, -0.1) is 0 Å². The minimum Gasteiger partial charge on any atom is -0.468 e. The first kappa shape index (κ1) is 33.7. The van der Waals surface area contributed by atoms with E-state index in [0.29, 0.717) is 5.56 Å². The summed E-state index contributed by atoms with van der Waals surface area (Å²) >= 11 is 0. The smallest absolute Gasteiger partial charge is 0.468 e. The van der Waals surface area contributed by atoms with Gasteiger partial charge in [-0.1, -0.05) is 53.5 Å². The van der Waals surface area contributed by atoms with Gasteiger partial charge >= 0.3 is 24.2 Å². The highest BCUT2D eigenvalue weighted by Gasteiger charge is 2.23. The fourth-order valence-electron chi connectivity index (χ4n) is 3.01. The maximum atomic E-state index is 12.4. The van der Waals surface area contributed by atoms with Crippen LogP contribution in [0.2, 0.25) is 0 Å². The minimum atomic E-state index is -0.959. The van der Waals surface area contributed by atoms with Crippen molar-refractivity contribution in [2.45, 2.75) is 79.4 Å². The number of benzene rings is 1. The zero-order chi connectivity index (χ0) is 29.4. The second kappa shape index (κ2) is 18.0. The van der Waals surface area contributed by atoms with Crippen LogP contribution in [0.25, 0.3) is 0 Å². The molecule has 220 valence electrons. The second-order valence-electron chi connectivity index (χ2n) is 9.48. The molecule has 1 N–H and O–H groups in total. The summed E-state index contributed by atoms with van der Waals surface area (Å²) in [6, 6.07) is 3.74. The molecule has 1 rings (SSSR count). The Balaban J connectivity index is 3.08. The molecule has 0 aliphatic heterocycles. The lowest BCUT2D eigenvalue weighted by molar-refractivity contribution is -0.147. The number of methoxy groups -OCH3 is 1. The molecule has 39 heavy (non-hydrogen) atoms. The van der Waals surface area contributed by atoms with Crippen LogP contribution in [0.1, 0.15) is 66.4 Å². The predicted octanol–water partition coefficient (Wildman–Crippen LogP) is 4.83. The monoisotopic (exact) mass is 553 g/mol. The van der Waals surface area contributed by atoms with Gasteiger partial charge in [-0.2, -0.15) is 0 Å². The van der Waals surface area contributed by atoms with E-state index in [0.717, 1.165) is 12.8 Å². The van der Waals surface area contributed by atoms with Crippen molar-refractivity contribution < 1.29 is 47.6 Å². The lowest BCUT2D eigenvalue weighted by atomic mass is 10.0. The normalized spacial score (nSPS) is 13.8. The van der Waals surface area contributed by atoms with Gasteiger partial charge in [0.05, 0.1) is 20.3 Å². The molecule has 0 saturated heterocycles. The van der Waals surface area contributed by atoms with Crippen LogP contribution in [0, 0.1) is 11.8 Å². The first-order valence-electron chi connectivity index (χ1n) is 13.3. The summed E-state index contributed by atoms with van der Waals surface area (Å²) in [7, 11) is 1.27. The number of hydrogen-bond donors (Lipinski definition) is 1. The number of carbonyl (C=O) groups is 4. The van der Waals surface area contributed by atoms with E-state index in [-0.39, 0.29) is 61.9 Å². The molecule has 11 heteroatoms. The molecule has 0 saturated carbocycles. The van der Waals surface area contributed by atoms with Crippen molar-refractivity contribution in [3.63, 3.8) is 0 Å². The Morgan fingerprint density at radius 2 is 1.41 bits per heavy atom. The molecule has 0 heterocycles. The fourth-order valence-corrected chi connectivity index (χ4v) is 3.01. The van der Waals surface area contributed by atoms with Crippen molar-refractivity contribution in [1.29, 1.82) is 0 Å². The van der Waals surface area contributed by atoms with E-state index in [9.17, 15) is 19.2 Å². The van der Waals surface area contributed by atoms with Crippen molar-refractivity contribution in [2.75, 3.05) is 26.9 Å². The van der Waals surface area contributed by atoms with Crippen LogP contribution in [0.15, 0.2) is 18.2 Å². The van der Waals surface area contributed by atoms with Gasteiger partial charge < -0.3 is 33.7 Å². The van der Waals surface area contributed by atoms with Crippen molar-refractivity contribution in [1.82, 2.24) is 5.32 Å². The van der Waals surface area contributed by atoms with Crippen LogP contribution in [0.3, 0.4) is 0 Å². The Morgan fingerprint density at radius 1 is 0.846 bits per heavy atom. The Hall–Kier alpha value is -3.34. The molecule has 0 aliphatic carbocycles. The minimum absolute atomic E-state index is 0.0453. The molecule has 4 atom stereocenters. The van der Waals surface area contributed by atoms with Gasteiger partial charge in [0.15, 0.2) is 11.5 Å². The average molecular weight is 554 g/mol. The van der Waals surface area contributed by atoms with E-state index < -0.39 is 30.4 Å². The quantitative estimate of drug-likeness (QED) is 0.171. The topological polar surface area (TPSA) is 136 Å². The third-order valence-corrected chi connectivity index (χ3v) is 5.96. The molecule has 1 aromatic carbocycles. The summed E-state index contributed by atoms with van der Waals surface area (Å²) in [6.07, 6.45) is -0.346. The van der Waals surface area contributed by atoms with Crippen LogP contribution >= 0.6 is 0 Å². The molecule has 0 amide bonds. The van der Waals surface area contributed by atoms with Crippen LogP contribution in [0.5, 0.6) is 11.5 Å². The summed E-state index contributed by atoms with van der Waals surface area (Å²) in [5, 5.41) is 3.04. The van der Waals surface area contributed by atoms with Crippen LogP contribution in [-0.4, -0.2) is 63.3 Å². The Morgan fingerprint density at radius 3 is 1.92 bits per heavy atom. The molecule has 1 aromatic rings. The summed E-state index contributed by atoms with van der Waals surface area (Å²) < 4.78 is 31.1. The number of esters is 2. The average Bonchev–Trinajstić information content (AvgIpc) is 2.93. The van der Waals surface area contributed by atoms with Crippen molar-refractivity contribution in [2.24, 2.45) is 11.8 Å². The number of nitrogens with one attached hydrogen (secondary N) is 1. The van der Waals surface area contributed by atoms with Crippen LogP contribution < -0.4 is 14.8 Å². The van der Waals surface area contributed by atoms with Gasteiger partial charge in [-0.3, -0.25) is 9.59 Å². The number of carbonyl (C=O) groups excluding carboxylic acids is 4. The molecule has 0 spiro atoms. The SMILES string of the molecule is CCC(=O)OC(C)CN[C@@H](Cc1ccc(OC(=O)OCC(C)CC)c(OC(=O)OCC(C)CC)c1)C(=O)OC. The van der Waals surface area contributed by atoms with E-state index in [1.165, 1.54) is 19.2 Å². The van der Waals surface area contributed by atoms with Crippen molar-refractivity contribution in [3.8, 4) is 11.5 Å². The van der Waals surface area contributed by atoms with Gasteiger partial charge in [0.1, 0.15) is 12.1 Å². The standard InChI is InChI=1S/C28H43NO10/c1-8-18(4)16-35-27(32)38-23-12-11-21(14-24(23)39-28(33)36-17-19(5)9-2)13-22(26(31)34-7)29-15-20(6)37-25(30)10-3/h11-12,14,18-20,22,29H,8-10,13,15-17H2,1-7H3/t18?,19?,20?,22-/m0/s1. The third-order valence-electron chi connectivity index (χ3n) is 5.96. The molecule has 0 bridgehead atoms. The fraction of sp³-hybridized carbons (Fsp3) is 0.643. The summed E-state index contributed by atoms with van der Waals surface area (Å²) in [5.41, 5.74) is 0.571. The van der Waals surface area contributed by atoms with Crippen molar-refractivity contribution in [3.05, 3.63) is 23.8 Å². The molecule has 0 aliphatic rings. The van der Waals surface area contributed by atoms with E-state index in [2.05, 4.69) is 5.32 Å². The number of rotatable bonds is 16. The zero-order valence-corrected chi connectivity index (χ0v) is 24.1. The maximum absolute atomic E-state index is 12.4. The lowest BCUT2D eigenvalue weighted by Crippen LogP contribution is -2.43. The molecule has 0 fully saturated rings. The molecule has 0 aromatic heterocycles. The van der Waals surface area contributed by atoms with E-state index in [4.69, 9.17) is 28.4 Å². The van der Waals surface area contributed by atoms with Crippen LogP contribution in [-0.2, 0) is 35.0 Å². The largest absolute Gasteiger partial charge is 0.513 e. The highest BCUT2D eigenvalue weighted by Crippen LogP contribution is 2.30. The summed E-state index contributed by atoms with van der Waals surface area (Å²) in [4.78, 5) is 48.6. The van der Waals surface area contributed by atoms with Gasteiger partial charge in [-0.25, -0.2) is 9.59 Å². The molecule has 0 radical (unpaired) electrons. The third kappa shape index (κ3) is 13.3. The molecule has 3 unspecified atom stereocenters. The first-order valence-corrected chi connectivity index (χ1v) is 13.3. The van der Waals surface area contributed by atoms with Gasteiger partial charge in [0.25, 0.3) is 0 Å². The van der Waals surface area contributed by atoms with Gasteiger partial charge in [-0.05, 0) is 42.9 Å². The van der Waals surface area contributed by atoms with E-state index in [1.807, 2.05) is 27.7 Å². The highest BCUT2D eigenvalue weighted by atomic mass is 16.7. The second-order valence-corrected chi connectivity index (χ2v) is 9.48. The highest BCUT2D eigenvalue weighted by molar-refractivity contribution is 5.76. The summed E-state index contributed by atoms with van der Waals surface area (Å²) in [6.45, 7) is 11.8. The number of ether oxygens (including phenoxy) is 6. The van der Waals surface area contributed by atoms with E-state index in [1.54, 1.807) is 19.9 Å². The summed E-state index contributed by atoms with van der Waals surface area (Å²) in [5.74, 6) is -0.706. The van der Waals surface area contributed by atoms with Gasteiger partial charge in [0, 0.05) is 13.0 Å². The molecular weight excluding hydrogens is 510 g/mol. The molecular formula is C28H43NO10. The number of hydrogen-bond acceptors (Lipinski definition) is 11. The van der Waals surface area contributed by atoms with Gasteiger partial charge in [0.2, 0.25) is 0 Å². The Bertz CT molecular complexity index is 935. The zero-order valence-electron chi connectivity index (χ0n) is 24.1. The molecule has 11 nitrogen and oxygen atoms in total. The van der Waals surface area contributed by atoms with Crippen LogP contribution in [0.4, 0.5) is 9.59 Å². The predicted molar refractivity (Wildman–Crippen MR) is 143 cm³/mol. The van der Waals surface area contributed by atoms with Crippen molar-refractivity contribution >= 4 is 24.2 Å². The Labute approximate surface area is 230 Å². The maximum Gasteiger partial charge on any atom is 0.513 e. The first-order chi connectivity index (χ1) is 18.5. The van der Waals surface area contributed by atoms with E-state index >= 15 is 0 Å². The Kier molecular flexibility index (Phi) is 15.6.